The van der Waals surface area contributed by atoms with Gasteiger partial charge in [0.1, 0.15) is 0 Å². The Kier molecular flexibility index (Phi) is 5.83. The van der Waals surface area contributed by atoms with Gasteiger partial charge in [0.25, 0.3) is 0 Å². The van der Waals surface area contributed by atoms with Gasteiger partial charge >= 0.3 is 6.03 Å². The van der Waals surface area contributed by atoms with Crippen molar-refractivity contribution in [2.45, 2.75) is 13.0 Å². The van der Waals surface area contributed by atoms with Gasteiger partial charge in [-0.05, 0) is 12.5 Å². The molecule has 0 saturated carbocycles. The Morgan fingerprint density at radius 3 is 2.52 bits per heavy atom. The van der Waals surface area contributed by atoms with E-state index in [1.54, 1.807) is 0 Å². The lowest BCUT2D eigenvalue weighted by molar-refractivity contribution is -0.133. The average Bonchev–Trinajstić information content (AvgIpc) is 3.08. The van der Waals surface area contributed by atoms with Gasteiger partial charge in [0.15, 0.2) is 0 Å². The third-order valence-electron chi connectivity index (χ3n) is 4.91. The molecular formula is C19H26N4O2. The van der Waals surface area contributed by atoms with Gasteiger partial charge in [-0.1, -0.05) is 42.5 Å². The molecule has 0 aromatic heterocycles. The van der Waals surface area contributed by atoms with E-state index in [-0.39, 0.29) is 18.0 Å². The molecule has 0 radical (unpaired) electrons. The van der Waals surface area contributed by atoms with E-state index in [0.29, 0.717) is 13.1 Å². The first-order valence-corrected chi connectivity index (χ1v) is 8.92. The van der Waals surface area contributed by atoms with Gasteiger partial charge < -0.3 is 5.32 Å². The zero-order valence-corrected chi connectivity index (χ0v) is 14.7. The molecule has 0 spiro atoms. The molecule has 2 aliphatic heterocycles. The number of nitrogens with one attached hydrogen (secondary N) is 1. The number of amides is 3. The van der Waals surface area contributed by atoms with Crippen molar-refractivity contribution in [3.05, 3.63) is 42.0 Å². The second kappa shape index (κ2) is 8.27. The van der Waals surface area contributed by atoms with Gasteiger partial charge in [-0.25, -0.2) is 4.79 Å². The van der Waals surface area contributed by atoms with E-state index in [9.17, 15) is 9.59 Å². The van der Waals surface area contributed by atoms with Gasteiger partial charge in [-0.3, -0.25) is 19.5 Å². The van der Waals surface area contributed by atoms with Crippen LogP contribution in [0.3, 0.4) is 0 Å². The fraction of sp³-hybridized carbons (Fsp3) is 0.474. The second-order valence-corrected chi connectivity index (χ2v) is 6.55. The van der Waals surface area contributed by atoms with E-state index >= 15 is 0 Å². The fourth-order valence-corrected chi connectivity index (χ4v) is 3.30. The Bertz CT molecular complexity index is 624. The number of hydrogen-bond acceptors (Lipinski definition) is 4. The Morgan fingerprint density at radius 1 is 1.16 bits per heavy atom. The summed E-state index contributed by atoms with van der Waals surface area (Å²) in [7, 11) is 0. The maximum atomic E-state index is 12.5. The Hall–Kier alpha value is -2.18. The molecule has 25 heavy (non-hydrogen) atoms. The van der Waals surface area contributed by atoms with Crippen molar-refractivity contribution in [1.82, 2.24) is 20.0 Å². The molecule has 6 nitrogen and oxygen atoms in total. The molecule has 3 rings (SSSR count). The van der Waals surface area contributed by atoms with Gasteiger partial charge in [-0.2, -0.15) is 0 Å². The highest BCUT2D eigenvalue weighted by molar-refractivity contribution is 5.98. The van der Waals surface area contributed by atoms with Crippen LogP contribution in [0.5, 0.6) is 0 Å². The van der Waals surface area contributed by atoms with E-state index < -0.39 is 0 Å². The van der Waals surface area contributed by atoms with E-state index in [2.05, 4.69) is 39.4 Å². The quantitative estimate of drug-likeness (QED) is 0.875. The first-order valence-electron chi connectivity index (χ1n) is 8.92. The number of piperazine rings is 1. The molecule has 1 aromatic carbocycles. The van der Waals surface area contributed by atoms with Crippen LogP contribution in [-0.2, 0) is 4.79 Å². The lowest BCUT2D eigenvalue weighted by atomic mass is 10.2. The van der Waals surface area contributed by atoms with Crippen molar-refractivity contribution in [3.63, 3.8) is 0 Å². The molecule has 0 bridgehead atoms. The van der Waals surface area contributed by atoms with E-state index in [1.165, 1.54) is 10.5 Å². The molecule has 0 aliphatic carbocycles. The number of nitrogens with zero attached hydrogens (tertiary/aromatic N) is 3. The number of carbonyl (C=O) groups is 2. The lowest BCUT2D eigenvalue weighted by Crippen LogP contribution is -2.54. The van der Waals surface area contributed by atoms with E-state index in [0.717, 1.165) is 32.7 Å². The van der Waals surface area contributed by atoms with Crippen molar-refractivity contribution in [3.8, 4) is 0 Å². The van der Waals surface area contributed by atoms with E-state index in [1.807, 2.05) is 25.1 Å². The number of carbonyl (C=O) groups excluding carboxylic acids is 2. The van der Waals surface area contributed by atoms with Crippen LogP contribution in [0.2, 0.25) is 0 Å². The SMILES string of the molecule is C[C@@H](C(=O)N1CCNC1=O)N1CCN(C/C=C/c2ccccc2)CC1. The van der Waals surface area contributed by atoms with Crippen LogP contribution < -0.4 is 5.32 Å². The van der Waals surface area contributed by atoms with Crippen LogP contribution in [0, 0.1) is 0 Å². The molecule has 2 saturated heterocycles. The minimum atomic E-state index is -0.262. The summed E-state index contributed by atoms with van der Waals surface area (Å²) in [5.74, 6) is -0.0903. The second-order valence-electron chi connectivity index (χ2n) is 6.55. The minimum absolute atomic E-state index is 0.0903. The van der Waals surface area contributed by atoms with Crippen LogP contribution in [0.4, 0.5) is 4.79 Å². The third kappa shape index (κ3) is 4.46. The Morgan fingerprint density at radius 2 is 1.88 bits per heavy atom. The smallest absolute Gasteiger partial charge is 0.324 e. The van der Waals surface area contributed by atoms with Gasteiger partial charge in [-0.15, -0.1) is 0 Å². The van der Waals surface area contributed by atoms with Crippen LogP contribution in [0.1, 0.15) is 12.5 Å². The summed E-state index contributed by atoms with van der Waals surface area (Å²) in [6.45, 7) is 7.42. The highest BCUT2D eigenvalue weighted by atomic mass is 16.2. The van der Waals surface area contributed by atoms with Crippen LogP contribution in [0.15, 0.2) is 36.4 Å². The summed E-state index contributed by atoms with van der Waals surface area (Å²) in [5, 5.41) is 2.68. The predicted octanol–water partition coefficient (Wildman–Crippen LogP) is 1.26. The zero-order chi connectivity index (χ0) is 17.6. The molecule has 6 heteroatoms. The Labute approximate surface area is 149 Å². The maximum absolute atomic E-state index is 12.5. The van der Waals surface area contributed by atoms with Crippen molar-refractivity contribution in [2.75, 3.05) is 45.8 Å². The molecule has 0 unspecified atom stereocenters. The van der Waals surface area contributed by atoms with Gasteiger partial charge in [0, 0.05) is 45.8 Å². The first kappa shape index (κ1) is 17.6. The maximum Gasteiger partial charge on any atom is 0.324 e. The number of benzene rings is 1. The molecule has 1 atom stereocenters. The van der Waals surface area contributed by atoms with Crippen molar-refractivity contribution in [2.24, 2.45) is 0 Å². The highest BCUT2D eigenvalue weighted by Crippen LogP contribution is 2.11. The number of urea groups is 1. The van der Waals surface area contributed by atoms with Crippen molar-refractivity contribution >= 4 is 18.0 Å². The normalized spacial score (nSPS) is 20.8. The molecule has 1 N–H and O–H groups in total. The molecule has 1 aromatic rings. The molecule has 2 heterocycles. The Balaban J connectivity index is 1.44. The van der Waals surface area contributed by atoms with Crippen molar-refractivity contribution in [1.29, 1.82) is 0 Å². The van der Waals surface area contributed by atoms with Gasteiger partial charge in [0.2, 0.25) is 5.91 Å². The largest absolute Gasteiger partial charge is 0.336 e. The summed E-state index contributed by atoms with van der Waals surface area (Å²) in [5.41, 5.74) is 1.21. The van der Waals surface area contributed by atoms with E-state index in [4.69, 9.17) is 0 Å². The monoisotopic (exact) mass is 342 g/mol. The van der Waals surface area contributed by atoms with Crippen molar-refractivity contribution < 1.29 is 9.59 Å². The topological polar surface area (TPSA) is 55.9 Å². The molecule has 134 valence electrons. The average molecular weight is 342 g/mol. The fourth-order valence-electron chi connectivity index (χ4n) is 3.30. The van der Waals surface area contributed by atoms with Gasteiger partial charge in [0.05, 0.1) is 6.04 Å². The number of rotatable bonds is 5. The predicted molar refractivity (Wildman–Crippen MR) is 98.1 cm³/mol. The number of hydrogen-bond donors (Lipinski definition) is 1. The summed E-state index contributed by atoms with van der Waals surface area (Å²) < 4.78 is 0. The lowest BCUT2D eigenvalue weighted by Gasteiger charge is -2.37. The van der Waals surface area contributed by atoms with Crippen LogP contribution in [-0.4, -0.2) is 78.5 Å². The molecule has 2 fully saturated rings. The molecule has 2 aliphatic rings. The highest BCUT2D eigenvalue weighted by Gasteiger charge is 2.33. The third-order valence-corrected chi connectivity index (χ3v) is 4.91. The molecular weight excluding hydrogens is 316 g/mol. The zero-order valence-electron chi connectivity index (χ0n) is 14.7. The first-order chi connectivity index (χ1) is 12.1. The summed E-state index contributed by atoms with van der Waals surface area (Å²) >= 11 is 0. The standard InChI is InChI=1S/C19H26N4O2/c1-16(18(24)23-11-9-20-19(23)25)22-14-12-21(13-15-22)10-5-8-17-6-3-2-4-7-17/h2-8,16H,9-15H2,1H3,(H,20,25)/b8-5+/t16-/m0/s1. The summed E-state index contributed by atoms with van der Waals surface area (Å²) in [6, 6.07) is 9.78. The van der Waals surface area contributed by atoms with Crippen LogP contribution in [0.25, 0.3) is 6.08 Å². The summed E-state index contributed by atoms with van der Waals surface area (Å²) in [6.07, 6.45) is 4.33. The summed E-state index contributed by atoms with van der Waals surface area (Å²) in [4.78, 5) is 30.0. The molecule has 3 amide bonds. The van der Waals surface area contributed by atoms with Crippen LogP contribution >= 0.6 is 0 Å². The number of imide groups is 1. The minimum Gasteiger partial charge on any atom is -0.336 e.